The summed E-state index contributed by atoms with van der Waals surface area (Å²) < 4.78 is 0. The zero-order chi connectivity index (χ0) is 13.4. The molecule has 1 atom stereocenters. The number of nitrogens with one attached hydrogen (secondary N) is 3. The average Bonchev–Trinajstić information content (AvgIpc) is 2.39. The van der Waals surface area contributed by atoms with Crippen LogP contribution in [0.3, 0.4) is 0 Å². The van der Waals surface area contributed by atoms with Crippen LogP contribution in [-0.2, 0) is 9.59 Å². The maximum atomic E-state index is 11.8. The second kappa shape index (κ2) is 10.0. The molecule has 0 saturated carbocycles. The Morgan fingerprint density at radius 2 is 1.95 bits per heavy atom. The van der Waals surface area contributed by atoms with E-state index in [1.807, 2.05) is 13.8 Å². The lowest BCUT2D eigenvalue weighted by Crippen LogP contribution is -2.40. The molecule has 2 amide bonds. The molecule has 0 aromatic carbocycles. The molecule has 112 valence electrons. The van der Waals surface area contributed by atoms with Crippen molar-refractivity contribution in [3.63, 3.8) is 0 Å². The molecule has 0 radical (unpaired) electrons. The number of piperidine rings is 1. The van der Waals surface area contributed by atoms with Gasteiger partial charge in [-0.2, -0.15) is 0 Å². The lowest BCUT2D eigenvalue weighted by Gasteiger charge is -2.21. The van der Waals surface area contributed by atoms with Crippen molar-refractivity contribution in [2.75, 3.05) is 19.6 Å². The van der Waals surface area contributed by atoms with Gasteiger partial charge in [-0.05, 0) is 39.3 Å². The predicted molar refractivity (Wildman–Crippen MR) is 78.4 cm³/mol. The summed E-state index contributed by atoms with van der Waals surface area (Å²) in [5.74, 6) is 0.215. The number of carbonyl (C=O) groups excluding carboxylic acids is 2. The fourth-order valence-electron chi connectivity index (χ4n) is 1.98. The Morgan fingerprint density at radius 3 is 2.53 bits per heavy atom. The minimum absolute atomic E-state index is 0. The standard InChI is InChI=1S/C13H25N3O2.ClH/c1-3-10(2)16-12(17)6-9-15-13(18)11-4-7-14-8-5-11;/h10-11,14H,3-9H2,1-2H3,(H,15,18)(H,16,17);1H. The average molecular weight is 292 g/mol. The zero-order valence-electron chi connectivity index (χ0n) is 11.8. The Morgan fingerprint density at radius 1 is 1.32 bits per heavy atom. The minimum Gasteiger partial charge on any atom is -0.355 e. The first-order chi connectivity index (χ1) is 8.63. The van der Waals surface area contributed by atoms with Crippen molar-refractivity contribution in [3.05, 3.63) is 0 Å². The van der Waals surface area contributed by atoms with E-state index in [1.165, 1.54) is 0 Å². The SMILES string of the molecule is CCC(C)NC(=O)CCNC(=O)C1CCNCC1.Cl. The molecule has 0 aromatic heterocycles. The van der Waals surface area contributed by atoms with Crippen LogP contribution in [0.5, 0.6) is 0 Å². The van der Waals surface area contributed by atoms with E-state index < -0.39 is 0 Å². The van der Waals surface area contributed by atoms with Crippen molar-refractivity contribution in [3.8, 4) is 0 Å². The molecule has 5 nitrogen and oxygen atoms in total. The fraction of sp³-hybridized carbons (Fsp3) is 0.846. The molecule has 1 heterocycles. The molecular formula is C13H26ClN3O2. The number of amides is 2. The third-order valence-electron chi connectivity index (χ3n) is 3.38. The first kappa shape index (κ1) is 18.2. The summed E-state index contributed by atoms with van der Waals surface area (Å²) in [5, 5.41) is 8.96. The molecule has 6 heteroatoms. The van der Waals surface area contributed by atoms with E-state index >= 15 is 0 Å². The van der Waals surface area contributed by atoms with Crippen molar-refractivity contribution in [2.45, 2.75) is 45.6 Å². The van der Waals surface area contributed by atoms with Crippen LogP contribution in [0.2, 0.25) is 0 Å². The Labute approximate surface area is 121 Å². The highest BCUT2D eigenvalue weighted by Gasteiger charge is 2.20. The van der Waals surface area contributed by atoms with E-state index in [1.54, 1.807) is 0 Å². The van der Waals surface area contributed by atoms with Crippen LogP contribution in [0.25, 0.3) is 0 Å². The molecule has 1 rings (SSSR count). The van der Waals surface area contributed by atoms with Crippen molar-refractivity contribution in [1.29, 1.82) is 0 Å². The van der Waals surface area contributed by atoms with Gasteiger partial charge in [0.15, 0.2) is 0 Å². The third kappa shape index (κ3) is 7.38. The lowest BCUT2D eigenvalue weighted by atomic mass is 9.97. The number of rotatable bonds is 6. The van der Waals surface area contributed by atoms with Gasteiger partial charge < -0.3 is 16.0 Å². The van der Waals surface area contributed by atoms with Crippen molar-refractivity contribution >= 4 is 24.2 Å². The molecular weight excluding hydrogens is 266 g/mol. The Kier molecular flexibility index (Phi) is 9.61. The van der Waals surface area contributed by atoms with Crippen LogP contribution < -0.4 is 16.0 Å². The van der Waals surface area contributed by atoms with Crippen molar-refractivity contribution in [1.82, 2.24) is 16.0 Å². The van der Waals surface area contributed by atoms with Crippen LogP contribution in [0.1, 0.15) is 39.5 Å². The Bertz CT molecular complexity index is 281. The molecule has 1 aliphatic rings. The normalized spacial score (nSPS) is 17.2. The summed E-state index contributed by atoms with van der Waals surface area (Å²) in [6.45, 7) is 6.26. The monoisotopic (exact) mass is 291 g/mol. The maximum absolute atomic E-state index is 11.8. The van der Waals surface area contributed by atoms with E-state index in [0.29, 0.717) is 13.0 Å². The molecule has 0 bridgehead atoms. The summed E-state index contributed by atoms with van der Waals surface area (Å²) >= 11 is 0. The number of halogens is 1. The summed E-state index contributed by atoms with van der Waals surface area (Å²) in [5.41, 5.74) is 0. The van der Waals surface area contributed by atoms with E-state index in [2.05, 4.69) is 16.0 Å². The summed E-state index contributed by atoms with van der Waals surface area (Å²) in [6.07, 6.45) is 3.07. The highest BCUT2D eigenvalue weighted by molar-refractivity contribution is 5.85. The van der Waals surface area contributed by atoms with E-state index in [9.17, 15) is 9.59 Å². The molecule has 1 unspecified atom stereocenters. The molecule has 0 aromatic rings. The van der Waals surface area contributed by atoms with Gasteiger partial charge in [0.25, 0.3) is 0 Å². The van der Waals surface area contributed by atoms with Gasteiger partial charge in [0.2, 0.25) is 11.8 Å². The van der Waals surface area contributed by atoms with Crippen LogP contribution in [-0.4, -0.2) is 37.5 Å². The zero-order valence-corrected chi connectivity index (χ0v) is 12.6. The van der Waals surface area contributed by atoms with Gasteiger partial charge in [-0.25, -0.2) is 0 Å². The highest BCUT2D eigenvalue weighted by atomic mass is 35.5. The second-order valence-electron chi connectivity index (χ2n) is 4.94. The maximum Gasteiger partial charge on any atom is 0.223 e. The number of hydrogen-bond donors (Lipinski definition) is 3. The van der Waals surface area contributed by atoms with Gasteiger partial charge in [0, 0.05) is 24.9 Å². The van der Waals surface area contributed by atoms with Gasteiger partial charge >= 0.3 is 0 Å². The smallest absolute Gasteiger partial charge is 0.223 e. The number of hydrogen-bond acceptors (Lipinski definition) is 3. The summed E-state index contributed by atoms with van der Waals surface area (Å²) in [6, 6.07) is 0.206. The topological polar surface area (TPSA) is 70.2 Å². The van der Waals surface area contributed by atoms with Gasteiger partial charge in [-0.3, -0.25) is 9.59 Å². The Hall–Kier alpha value is -0.810. The van der Waals surface area contributed by atoms with Gasteiger partial charge in [0.1, 0.15) is 0 Å². The van der Waals surface area contributed by atoms with Crippen molar-refractivity contribution < 1.29 is 9.59 Å². The molecule has 0 aliphatic carbocycles. The third-order valence-corrected chi connectivity index (χ3v) is 3.38. The van der Waals surface area contributed by atoms with E-state index in [4.69, 9.17) is 0 Å². The predicted octanol–water partition coefficient (Wildman–Crippen LogP) is 0.829. The molecule has 0 spiro atoms. The van der Waals surface area contributed by atoms with E-state index in [-0.39, 0.29) is 36.2 Å². The highest BCUT2D eigenvalue weighted by Crippen LogP contribution is 2.11. The molecule has 1 aliphatic heterocycles. The Balaban J connectivity index is 0.00000324. The van der Waals surface area contributed by atoms with Gasteiger partial charge in [-0.15, -0.1) is 12.4 Å². The van der Waals surface area contributed by atoms with Crippen LogP contribution in [0.15, 0.2) is 0 Å². The summed E-state index contributed by atoms with van der Waals surface area (Å²) in [4.78, 5) is 23.3. The molecule has 19 heavy (non-hydrogen) atoms. The van der Waals surface area contributed by atoms with Crippen LogP contribution in [0.4, 0.5) is 0 Å². The molecule has 1 saturated heterocycles. The summed E-state index contributed by atoms with van der Waals surface area (Å²) in [7, 11) is 0. The van der Waals surface area contributed by atoms with E-state index in [0.717, 1.165) is 32.4 Å². The number of carbonyl (C=O) groups is 2. The first-order valence-electron chi connectivity index (χ1n) is 6.91. The van der Waals surface area contributed by atoms with Crippen LogP contribution in [0, 0.1) is 5.92 Å². The van der Waals surface area contributed by atoms with Gasteiger partial charge in [-0.1, -0.05) is 6.92 Å². The molecule has 1 fully saturated rings. The first-order valence-corrected chi connectivity index (χ1v) is 6.91. The van der Waals surface area contributed by atoms with Gasteiger partial charge in [0.05, 0.1) is 0 Å². The quantitative estimate of drug-likeness (QED) is 0.679. The fourth-order valence-corrected chi connectivity index (χ4v) is 1.98. The minimum atomic E-state index is 0. The van der Waals surface area contributed by atoms with Crippen molar-refractivity contribution in [2.24, 2.45) is 5.92 Å². The second-order valence-corrected chi connectivity index (χ2v) is 4.94. The lowest BCUT2D eigenvalue weighted by molar-refractivity contribution is -0.126. The molecule has 3 N–H and O–H groups in total. The van der Waals surface area contributed by atoms with Crippen LogP contribution >= 0.6 is 12.4 Å². The largest absolute Gasteiger partial charge is 0.355 e.